The Morgan fingerprint density at radius 2 is 0.909 bits per heavy atom. The first-order valence-corrected chi connectivity index (χ1v) is 7.47. The number of likely N-dealkylation sites (N-methyl/N-ethyl adjacent to an activating group) is 2. The largest absolute Gasteiger partial charge is 1.00 e. The highest BCUT2D eigenvalue weighted by Crippen LogP contribution is 2.05. The summed E-state index contributed by atoms with van der Waals surface area (Å²) in [6, 6.07) is 0. The summed E-state index contributed by atoms with van der Waals surface area (Å²) in [6.45, 7) is 25.8. The monoisotopic (exact) mass is 350 g/mol. The lowest BCUT2D eigenvalue weighted by atomic mass is 10.3. The van der Waals surface area contributed by atoms with Gasteiger partial charge in [-0.15, -0.1) is 0 Å². The molecule has 0 aliphatic heterocycles. The smallest absolute Gasteiger partial charge is 0.0973 e. The lowest BCUT2D eigenvalue weighted by Crippen LogP contribution is -3.00. The maximum absolute atomic E-state index is 3.77. The Bertz CT molecular complexity index is 271. The van der Waals surface area contributed by atoms with E-state index in [1.54, 1.807) is 0 Å². The van der Waals surface area contributed by atoms with Crippen LogP contribution in [0.15, 0.2) is 50.6 Å². The van der Waals surface area contributed by atoms with Crippen LogP contribution in [0, 0.1) is 0 Å². The molecule has 0 heterocycles. The highest BCUT2D eigenvalue weighted by atomic mass is 35.5. The van der Waals surface area contributed by atoms with E-state index in [1.165, 1.54) is 0 Å². The van der Waals surface area contributed by atoms with Crippen LogP contribution < -0.4 is 24.8 Å². The van der Waals surface area contributed by atoms with Crippen LogP contribution >= 0.6 is 0 Å². The van der Waals surface area contributed by atoms with Crippen LogP contribution in [0.25, 0.3) is 0 Å². The van der Waals surface area contributed by atoms with Crippen molar-refractivity contribution in [3.63, 3.8) is 0 Å². The van der Waals surface area contributed by atoms with Gasteiger partial charge in [-0.2, -0.15) is 0 Å². The van der Waals surface area contributed by atoms with Crippen molar-refractivity contribution >= 4 is 0 Å². The van der Waals surface area contributed by atoms with Gasteiger partial charge in [0.15, 0.2) is 0 Å². The summed E-state index contributed by atoms with van der Waals surface area (Å²) >= 11 is 0. The molecule has 0 saturated heterocycles. The molecule has 0 aromatic carbocycles. The van der Waals surface area contributed by atoms with Crippen LogP contribution in [0.3, 0.4) is 0 Å². The summed E-state index contributed by atoms with van der Waals surface area (Å²) in [5.74, 6) is 0. The van der Waals surface area contributed by atoms with Gasteiger partial charge in [0.05, 0.1) is 53.4 Å². The molecule has 0 spiro atoms. The second-order valence-corrected chi connectivity index (χ2v) is 5.79. The quantitative estimate of drug-likeness (QED) is 0.306. The van der Waals surface area contributed by atoms with Crippen molar-refractivity contribution in [3.05, 3.63) is 50.6 Å². The molecule has 0 N–H and O–H groups in total. The third kappa shape index (κ3) is 14.4. The Balaban J connectivity index is -0.000000137. The molecule has 0 amide bonds. The lowest BCUT2D eigenvalue weighted by Gasteiger charge is -2.34. The second kappa shape index (κ2) is 16.8. The van der Waals surface area contributed by atoms with Gasteiger partial charge in [-0.25, -0.2) is 0 Å². The summed E-state index contributed by atoms with van der Waals surface area (Å²) in [4.78, 5) is 0. The normalized spacial score (nSPS) is 10.0. The molecule has 0 aliphatic rings. The maximum Gasteiger partial charge on any atom is 0.0973 e. The summed E-state index contributed by atoms with van der Waals surface area (Å²) in [5, 5.41) is 0. The van der Waals surface area contributed by atoms with E-state index in [4.69, 9.17) is 0 Å². The first kappa shape index (κ1) is 29.5. The van der Waals surface area contributed by atoms with Gasteiger partial charge in [0.1, 0.15) is 0 Å². The molecular formula is C18H36Cl2N2. The van der Waals surface area contributed by atoms with E-state index in [9.17, 15) is 0 Å². The predicted molar refractivity (Wildman–Crippen MR) is 93.7 cm³/mol. The summed E-state index contributed by atoms with van der Waals surface area (Å²) in [5.41, 5.74) is 0. The van der Waals surface area contributed by atoms with Gasteiger partial charge in [-0.05, 0) is 38.2 Å². The lowest BCUT2D eigenvalue weighted by molar-refractivity contribution is -0.914. The third-order valence-electron chi connectivity index (χ3n) is 3.62. The highest BCUT2D eigenvalue weighted by molar-refractivity contribution is 4.71. The zero-order valence-corrected chi connectivity index (χ0v) is 16.5. The predicted octanol–water partition coefficient (Wildman–Crippen LogP) is -2.34. The van der Waals surface area contributed by atoms with Crippen LogP contribution in [-0.4, -0.2) is 62.3 Å². The van der Waals surface area contributed by atoms with Gasteiger partial charge >= 0.3 is 0 Å². The summed E-state index contributed by atoms with van der Waals surface area (Å²) in [6.07, 6.45) is 7.86. The SMILES string of the molecule is C=CC[N+](C)(C)CC=C.C=CC[N+](CC)(CC)CC=C.[Cl-].[Cl-]. The molecule has 132 valence electrons. The topological polar surface area (TPSA) is 0 Å². The first-order valence-electron chi connectivity index (χ1n) is 7.47. The van der Waals surface area contributed by atoms with Gasteiger partial charge < -0.3 is 33.8 Å². The molecule has 0 radical (unpaired) electrons. The second-order valence-electron chi connectivity index (χ2n) is 5.79. The number of hydrogen-bond acceptors (Lipinski definition) is 0. The van der Waals surface area contributed by atoms with E-state index < -0.39 is 0 Å². The fourth-order valence-corrected chi connectivity index (χ4v) is 2.14. The highest BCUT2D eigenvalue weighted by Gasteiger charge is 2.18. The number of halogens is 2. The van der Waals surface area contributed by atoms with E-state index >= 15 is 0 Å². The van der Waals surface area contributed by atoms with E-state index in [0.717, 1.165) is 48.2 Å². The van der Waals surface area contributed by atoms with Crippen molar-refractivity contribution in [3.8, 4) is 0 Å². The van der Waals surface area contributed by atoms with E-state index in [0.29, 0.717) is 0 Å². The van der Waals surface area contributed by atoms with Gasteiger partial charge in [-0.3, -0.25) is 0 Å². The molecule has 2 nitrogen and oxygen atoms in total. The molecule has 0 fully saturated rings. The molecule has 4 heteroatoms. The summed E-state index contributed by atoms with van der Waals surface area (Å²) < 4.78 is 2.04. The van der Waals surface area contributed by atoms with Crippen molar-refractivity contribution in [1.29, 1.82) is 0 Å². The standard InChI is InChI=1S/C10H20N.C8H16N.2ClH/c1-5-9-11(7-3,8-4)10-6-2;1-5-7-9(3,4)8-6-2;;/h5-6H,1-2,7-10H2,3-4H3;5-6H,1-2,7-8H2,3-4H3;2*1H/q2*+1;;/p-2. The van der Waals surface area contributed by atoms with E-state index in [-0.39, 0.29) is 24.8 Å². The number of rotatable bonds is 10. The molecular weight excluding hydrogens is 315 g/mol. The van der Waals surface area contributed by atoms with Crippen molar-refractivity contribution in [2.24, 2.45) is 0 Å². The van der Waals surface area contributed by atoms with E-state index in [1.807, 2.05) is 24.3 Å². The minimum absolute atomic E-state index is 0. The minimum atomic E-state index is 0. The zero-order valence-electron chi connectivity index (χ0n) is 15.0. The number of hydrogen-bond donors (Lipinski definition) is 0. The third-order valence-corrected chi connectivity index (χ3v) is 3.62. The van der Waals surface area contributed by atoms with Crippen LogP contribution in [-0.2, 0) is 0 Å². The van der Waals surface area contributed by atoms with E-state index in [2.05, 4.69) is 54.3 Å². The number of quaternary nitrogens is 2. The van der Waals surface area contributed by atoms with Crippen LogP contribution in [0.2, 0.25) is 0 Å². The fourth-order valence-electron chi connectivity index (χ4n) is 2.14. The van der Waals surface area contributed by atoms with Gasteiger partial charge in [0.2, 0.25) is 0 Å². The Labute approximate surface area is 151 Å². The molecule has 22 heavy (non-hydrogen) atoms. The van der Waals surface area contributed by atoms with Gasteiger partial charge in [0.25, 0.3) is 0 Å². The van der Waals surface area contributed by atoms with Crippen LogP contribution in [0.5, 0.6) is 0 Å². The molecule has 0 aliphatic carbocycles. The van der Waals surface area contributed by atoms with Crippen molar-refractivity contribution < 1.29 is 33.8 Å². The van der Waals surface area contributed by atoms with Crippen molar-refractivity contribution in [2.45, 2.75) is 13.8 Å². The molecule has 0 aromatic rings. The van der Waals surface area contributed by atoms with Crippen LogP contribution in [0.1, 0.15) is 13.8 Å². The maximum atomic E-state index is 3.77. The Kier molecular flexibility index (Phi) is 22.5. The molecule has 0 rings (SSSR count). The van der Waals surface area contributed by atoms with Gasteiger partial charge in [0, 0.05) is 0 Å². The number of nitrogens with zero attached hydrogens (tertiary/aromatic N) is 2. The molecule has 0 saturated carbocycles. The fraction of sp³-hybridized carbons (Fsp3) is 0.556. The molecule has 0 unspecified atom stereocenters. The van der Waals surface area contributed by atoms with Gasteiger partial charge in [-0.1, -0.05) is 26.3 Å². The Hall–Kier alpha value is -0.540. The average Bonchev–Trinajstić information content (AvgIpc) is 2.39. The zero-order chi connectivity index (χ0) is 16.1. The van der Waals surface area contributed by atoms with Crippen molar-refractivity contribution in [2.75, 3.05) is 53.4 Å². The first-order chi connectivity index (χ1) is 9.36. The molecule has 0 bridgehead atoms. The minimum Gasteiger partial charge on any atom is -1.00 e. The summed E-state index contributed by atoms with van der Waals surface area (Å²) in [7, 11) is 4.31. The van der Waals surface area contributed by atoms with Crippen LogP contribution in [0.4, 0.5) is 0 Å². The molecule has 0 atom stereocenters. The average molecular weight is 351 g/mol. The Morgan fingerprint density at radius 1 is 0.636 bits per heavy atom. The Morgan fingerprint density at radius 3 is 1.09 bits per heavy atom. The molecule has 0 aromatic heterocycles. The van der Waals surface area contributed by atoms with Crippen molar-refractivity contribution in [1.82, 2.24) is 0 Å².